The van der Waals surface area contributed by atoms with E-state index in [0.717, 1.165) is 12.5 Å². The third-order valence-corrected chi connectivity index (χ3v) is 6.60. The minimum atomic E-state index is -0.491. The highest BCUT2D eigenvalue weighted by molar-refractivity contribution is 4.73. The second-order valence-corrected chi connectivity index (χ2v) is 9.74. The van der Waals surface area contributed by atoms with Crippen molar-refractivity contribution in [3.05, 3.63) is 0 Å². The zero-order valence-electron chi connectivity index (χ0n) is 20.8. The second-order valence-electron chi connectivity index (χ2n) is 9.74. The van der Waals surface area contributed by atoms with E-state index in [1.807, 2.05) is 6.92 Å². The molecule has 5 heteroatoms. The predicted molar refractivity (Wildman–Crippen MR) is 132 cm³/mol. The quantitative estimate of drug-likeness (QED) is 0.213. The van der Waals surface area contributed by atoms with Crippen LogP contribution in [0.1, 0.15) is 110 Å². The molecule has 1 aliphatic rings. The molecule has 31 heavy (non-hydrogen) atoms. The Bertz CT molecular complexity index is 376. The van der Waals surface area contributed by atoms with Crippen molar-refractivity contribution in [2.75, 3.05) is 32.8 Å². The van der Waals surface area contributed by atoms with E-state index in [2.05, 4.69) is 12.2 Å². The number of nitrogens with one attached hydrogen (secondary N) is 1. The zero-order chi connectivity index (χ0) is 22.6. The van der Waals surface area contributed by atoms with Crippen molar-refractivity contribution >= 4 is 0 Å². The van der Waals surface area contributed by atoms with Crippen LogP contribution in [0, 0.1) is 5.92 Å². The van der Waals surface area contributed by atoms with Crippen LogP contribution < -0.4 is 11.1 Å². The van der Waals surface area contributed by atoms with E-state index in [0.29, 0.717) is 32.4 Å². The first kappa shape index (κ1) is 28.8. The molecule has 0 aliphatic heterocycles. The highest BCUT2D eigenvalue weighted by Gasteiger charge is 2.22. The average Bonchev–Trinajstić information content (AvgIpc) is 2.78. The summed E-state index contributed by atoms with van der Waals surface area (Å²) in [6, 6.07) is 0. The van der Waals surface area contributed by atoms with E-state index in [4.69, 9.17) is 15.2 Å². The molecular formula is C26H54N2O3. The Morgan fingerprint density at radius 3 is 2.13 bits per heavy atom. The van der Waals surface area contributed by atoms with Crippen molar-refractivity contribution in [2.24, 2.45) is 11.7 Å². The van der Waals surface area contributed by atoms with E-state index < -0.39 is 6.10 Å². The number of rotatable bonds is 21. The molecule has 1 saturated carbocycles. The lowest BCUT2D eigenvalue weighted by molar-refractivity contribution is -0.0680. The van der Waals surface area contributed by atoms with E-state index in [-0.39, 0.29) is 6.10 Å². The number of nitrogens with two attached hydrogens (primary N) is 1. The van der Waals surface area contributed by atoms with Crippen LogP contribution >= 0.6 is 0 Å². The first-order valence-corrected chi connectivity index (χ1v) is 13.5. The summed E-state index contributed by atoms with van der Waals surface area (Å²) in [6.45, 7) is 7.10. The van der Waals surface area contributed by atoms with Gasteiger partial charge in [0.2, 0.25) is 0 Å². The fourth-order valence-electron chi connectivity index (χ4n) is 4.53. The van der Waals surface area contributed by atoms with Crippen LogP contribution in [0.2, 0.25) is 0 Å². The molecule has 2 atom stereocenters. The van der Waals surface area contributed by atoms with Gasteiger partial charge < -0.3 is 25.6 Å². The van der Waals surface area contributed by atoms with Crippen LogP contribution in [-0.4, -0.2) is 56.3 Å². The van der Waals surface area contributed by atoms with E-state index in [1.165, 1.54) is 96.3 Å². The lowest BCUT2D eigenvalue weighted by Crippen LogP contribution is -2.35. The minimum absolute atomic E-state index is 0.0218. The number of aliphatic hydroxyl groups excluding tert-OH is 1. The molecule has 0 aromatic rings. The monoisotopic (exact) mass is 442 g/mol. The Morgan fingerprint density at radius 1 is 0.903 bits per heavy atom. The molecule has 0 spiro atoms. The topological polar surface area (TPSA) is 76.7 Å². The Kier molecular flexibility index (Phi) is 19.0. The van der Waals surface area contributed by atoms with Gasteiger partial charge in [-0.3, -0.25) is 0 Å². The Labute approximate surface area is 193 Å². The molecule has 5 nitrogen and oxygen atoms in total. The van der Waals surface area contributed by atoms with Crippen LogP contribution in [0.5, 0.6) is 0 Å². The van der Waals surface area contributed by atoms with Gasteiger partial charge in [0.05, 0.1) is 31.5 Å². The average molecular weight is 443 g/mol. The van der Waals surface area contributed by atoms with Crippen molar-refractivity contribution in [2.45, 2.75) is 128 Å². The van der Waals surface area contributed by atoms with Crippen molar-refractivity contribution < 1.29 is 14.6 Å². The van der Waals surface area contributed by atoms with Gasteiger partial charge in [0.15, 0.2) is 0 Å². The number of ether oxygens (including phenoxy) is 2. The summed E-state index contributed by atoms with van der Waals surface area (Å²) in [5.41, 5.74) is 5.43. The molecule has 186 valence electrons. The fraction of sp³-hybridized carbons (Fsp3) is 1.00. The maximum absolute atomic E-state index is 9.87. The van der Waals surface area contributed by atoms with E-state index in [9.17, 15) is 5.11 Å². The van der Waals surface area contributed by atoms with Gasteiger partial charge in [-0.2, -0.15) is 0 Å². The van der Waals surface area contributed by atoms with Crippen LogP contribution in [0.15, 0.2) is 0 Å². The lowest BCUT2D eigenvalue weighted by atomic mass is 9.84. The maximum Gasteiger partial charge on any atom is 0.0897 e. The molecule has 0 amide bonds. The van der Waals surface area contributed by atoms with Crippen LogP contribution in [-0.2, 0) is 9.47 Å². The number of aliphatic hydroxyl groups is 1. The molecule has 1 aliphatic carbocycles. The van der Waals surface area contributed by atoms with Gasteiger partial charge in [-0.1, -0.05) is 77.6 Å². The van der Waals surface area contributed by atoms with Crippen molar-refractivity contribution in [3.8, 4) is 0 Å². The van der Waals surface area contributed by atoms with Crippen molar-refractivity contribution in [3.63, 3.8) is 0 Å². The van der Waals surface area contributed by atoms with Crippen LogP contribution in [0.3, 0.4) is 0 Å². The van der Waals surface area contributed by atoms with E-state index in [1.54, 1.807) is 0 Å². The number of unbranched alkanes of at least 4 members (excludes halogenated alkanes) is 9. The molecule has 0 saturated heterocycles. The first-order valence-electron chi connectivity index (χ1n) is 13.5. The molecule has 1 fully saturated rings. The third kappa shape index (κ3) is 17.0. The molecule has 1 rings (SSSR count). The standard InChI is InChI=1S/C26H54N2O3/c1-3-4-5-6-7-8-9-10-11-12-13-24-14-16-26(17-15-24)31-21-23(2)30-22-25(29)20-28-19-18-27/h23-26,28-29H,3-22,27H2,1-2H3. The molecule has 0 radical (unpaired) electrons. The van der Waals surface area contributed by atoms with Gasteiger partial charge in [-0.05, 0) is 38.5 Å². The van der Waals surface area contributed by atoms with E-state index >= 15 is 0 Å². The molecule has 0 heterocycles. The molecule has 2 unspecified atom stereocenters. The normalized spacial score (nSPS) is 21.3. The summed E-state index contributed by atoms with van der Waals surface area (Å²) in [5.74, 6) is 0.915. The largest absolute Gasteiger partial charge is 0.389 e. The molecule has 0 aromatic carbocycles. The summed E-state index contributed by atoms with van der Waals surface area (Å²) >= 11 is 0. The van der Waals surface area contributed by atoms with Crippen LogP contribution in [0.4, 0.5) is 0 Å². The highest BCUT2D eigenvalue weighted by Crippen LogP contribution is 2.30. The number of hydrogen-bond donors (Lipinski definition) is 3. The SMILES string of the molecule is CCCCCCCCCCCCC1CCC(OCC(C)OCC(O)CNCCN)CC1. The Morgan fingerprint density at radius 2 is 1.52 bits per heavy atom. The fourth-order valence-corrected chi connectivity index (χ4v) is 4.53. The summed E-state index contributed by atoms with van der Waals surface area (Å²) in [7, 11) is 0. The second kappa shape index (κ2) is 20.4. The van der Waals surface area contributed by atoms with Crippen molar-refractivity contribution in [1.29, 1.82) is 0 Å². The van der Waals surface area contributed by atoms with Gasteiger partial charge in [0.1, 0.15) is 0 Å². The third-order valence-electron chi connectivity index (χ3n) is 6.60. The van der Waals surface area contributed by atoms with Gasteiger partial charge >= 0.3 is 0 Å². The summed E-state index contributed by atoms with van der Waals surface area (Å²) in [6.07, 6.45) is 20.6. The van der Waals surface area contributed by atoms with Gasteiger partial charge in [0.25, 0.3) is 0 Å². The Balaban J connectivity index is 1.92. The molecule has 0 bridgehead atoms. The predicted octanol–water partition coefficient (Wildman–Crippen LogP) is 5.19. The molecular weight excluding hydrogens is 388 g/mol. The summed E-state index contributed by atoms with van der Waals surface area (Å²) in [5, 5.41) is 13.0. The first-order chi connectivity index (χ1) is 15.2. The number of hydrogen-bond acceptors (Lipinski definition) is 5. The smallest absolute Gasteiger partial charge is 0.0897 e. The zero-order valence-corrected chi connectivity index (χ0v) is 20.8. The minimum Gasteiger partial charge on any atom is -0.389 e. The molecule has 0 aromatic heterocycles. The van der Waals surface area contributed by atoms with Crippen LogP contribution in [0.25, 0.3) is 0 Å². The van der Waals surface area contributed by atoms with Gasteiger partial charge in [-0.15, -0.1) is 0 Å². The highest BCUT2D eigenvalue weighted by atomic mass is 16.5. The van der Waals surface area contributed by atoms with Gasteiger partial charge in [0, 0.05) is 19.6 Å². The molecule has 4 N–H and O–H groups in total. The van der Waals surface area contributed by atoms with Crippen molar-refractivity contribution in [1.82, 2.24) is 5.32 Å². The Hall–Kier alpha value is -0.200. The lowest BCUT2D eigenvalue weighted by Gasteiger charge is -2.29. The summed E-state index contributed by atoms with van der Waals surface area (Å²) in [4.78, 5) is 0. The maximum atomic E-state index is 9.87. The van der Waals surface area contributed by atoms with Gasteiger partial charge in [-0.25, -0.2) is 0 Å². The summed E-state index contributed by atoms with van der Waals surface area (Å²) < 4.78 is 11.8.